The lowest BCUT2D eigenvalue weighted by Crippen LogP contribution is -2.27. The van der Waals surface area contributed by atoms with Crippen LogP contribution in [0.2, 0.25) is 0 Å². The van der Waals surface area contributed by atoms with Gasteiger partial charge in [-0.15, -0.1) is 11.3 Å². The van der Waals surface area contributed by atoms with Crippen molar-refractivity contribution in [3.63, 3.8) is 0 Å². The highest BCUT2D eigenvalue weighted by Gasteiger charge is 2.15. The quantitative estimate of drug-likeness (QED) is 0.705. The zero-order valence-corrected chi connectivity index (χ0v) is 13.7. The van der Waals surface area contributed by atoms with Crippen LogP contribution in [0.25, 0.3) is 16.2 Å². The van der Waals surface area contributed by atoms with Crippen molar-refractivity contribution in [3.8, 4) is 17.0 Å². The van der Waals surface area contributed by atoms with Gasteiger partial charge in [-0.25, -0.2) is 4.98 Å². The molecule has 0 saturated heterocycles. The number of benzene rings is 1. The average molecular weight is 331 g/mol. The predicted octanol–water partition coefficient (Wildman–Crippen LogP) is 2.45. The van der Waals surface area contributed by atoms with Gasteiger partial charge in [-0.1, -0.05) is 12.1 Å². The van der Waals surface area contributed by atoms with Gasteiger partial charge in [-0.05, 0) is 12.1 Å². The van der Waals surface area contributed by atoms with Crippen molar-refractivity contribution in [1.29, 1.82) is 0 Å². The summed E-state index contributed by atoms with van der Waals surface area (Å²) in [5.41, 5.74) is 2.33. The largest absolute Gasteiger partial charge is 0.497 e. The van der Waals surface area contributed by atoms with E-state index in [0.29, 0.717) is 18.8 Å². The Bertz CT molecular complexity index is 825. The van der Waals surface area contributed by atoms with E-state index >= 15 is 0 Å². The standard InChI is InChI=1S/C16H17N3O3S/c1-21-7-6-17-15(20)14-10-23-16-18-13(9-19(14)16)11-4-3-5-12(8-11)22-2/h3-5,8-10H,6-7H2,1-2H3,(H,17,20). The van der Waals surface area contributed by atoms with Gasteiger partial charge >= 0.3 is 0 Å². The molecule has 6 nitrogen and oxygen atoms in total. The summed E-state index contributed by atoms with van der Waals surface area (Å²) in [4.78, 5) is 17.6. The van der Waals surface area contributed by atoms with E-state index in [4.69, 9.17) is 9.47 Å². The van der Waals surface area contributed by atoms with Crippen LogP contribution in [-0.2, 0) is 4.74 Å². The minimum absolute atomic E-state index is 0.136. The number of methoxy groups -OCH3 is 2. The molecule has 1 N–H and O–H groups in total. The Morgan fingerprint density at radius 3 is 3.04 bits per heavy atom. The van der Waals surface area contributed by atoms with Crippen LogP contribution in [-0.4, -0.2) is 42.7 Å². The number of imidazole rings is 1. The van der Waals surface area contributed by atoms with Crippen molar-refractivity contribution in [1.82, 2.24) is 14.7 Å². The first kappa shape index (κ1) is 15.5. The number of amides is 1. The molecule has 0 radical (unpaired) electrons. The van der Waals surface area contributed by atoms with Crippen molar-refractivity contribution in [2.45, 2.75) is 0 Å². The van der Waals surface area contributed by atoms with Gasteiger partial charge in [0.05, 0.1) is 19.4 Å². The first-order valence-electron chi connectivity index (χ1n) is 7.11. The fourth-order valence-electron chi connectivity index (χ4n) is 2.23. The molecule has 7 heteroatoms. The van der Waals surface area contributed by atoms with E-state index in [9.17, 15) is 4.79 Å². The maximum Gasteiger partial charge on any atom is 0.269 e. The summed E-state index contributed by atoms with van der Waals surface area (Å²) in [6.45, 7) is 0.960. The fourth-order valence-corrected chi connectivity index (χ4v) is 3.08. The van der Waals surface area contributed by atoms with Gasteiger partial charge in [-0.2, -0.15) is 0 Å². The minimum Gasteiger partial charge on any atom is -0.497 e. The molecule has 0 atom stereocenters. The Labute approximate surface area is 137 Å². The summed E-state index contributed by atoms with van der Waals surface area (Å²) < 4.78 is 12.0. The summed E-state index contributed by atoms with van der Waals surface area (Å²) in [6.07, 6.45) is 1.87. The molecular formula is C16H17N3O3S. The highest BCUT2D eigenvalue weighted by Crippen LogP contribution is 2.26. The predicted molar refractivity (Wildman–Crippen MR) is 89.3 cm³/mol. The number of ether oxygens (including phenoxy) is 2. The monoisotopic (exact) mass is 331 g/mol. The molecule has 0 fully saturated rings. The number of aromatic nitrogens is 2. The molecule has 2 aromatic heterocycles. The van der Waals surface area contributed by atoms with E-state index in [-0.39, 0.29) is 5.91 Å². The Balaban J connectivity index is 1.89. The molecule has 23 heavy (non-hydrogen) atoms. The number of hydrogen-bond acceptors (Lipinski definition) is 5. The SMILES string of the molecule is COCCNC(=O)c1csc2nc(-c3cccc(OC)c3)cn12. The first-order chi connectivity index (χ1) is 11.2. The van der Waals surface area contributed by atoms with Gasteiger partial charge in [0.2, 0.25) is 0 Å². The van der Waals surface area contributed by atoms with E-state index in [2.05, 4.69) is 10.3 Å². The van der Waals surface area contributed by atoms with Crippen molar-refractivity contribution < 1.29 is 14.3 Å². The van der Waals surface area contributed by atoms with Crippen LogP contribution in [0.1, 0.15) is 10.5 Å². The number of fused-ring (bicyclic) bond motifs is 1. The van der Waals surface area contributed by atoms with E-state index in [0.717, 1.165) is 22.0 Å². The molecule has 2 heterocycles. The second-order valence-electron chi connectivity index (χ2n) is 4.88. The third kappa shape index (κ3) is 3.20. The zero-order valence-electron chi connectivity index (χ0n) is 12.9. The molecule has 0 aliphatic carbocycles. The lowest BCUT2D eigenvalue weighted by atomic mass is 10.1. The van der Waals surface area contributed by atoms with Crippen LogP contribution in [0.3, 0.4) is 0 Å². The fraction of sp³-hybridized carbons (Fsp3) is 0.250. The van der Waals surface area contributed by atoms with Crippen molar-refractivity contribution >= 4 is 22.2 Å². The van der Waals surface area contributed by atoms with Crippen LogP contribution in [0, 0.1) is 0 Å². The van der Waals surface area contributed by atoms with Crippen molar-refractivity contribution in [2.24, 2.45) is 0 Å². The van der Waals surface area contributed by atoms with Crippen LogP contribution in [0.4, 0.5) is 0 Å². The molecule has 1 aromatic carbocycles. The first-order valence-corrected chi connectivity index (χ1v) is 7.99. The third-order valence-electron chi connectivity index (χ3n) is 3.40. The van der Waals surface area contributed by atoms with Gasteiger partial charge in [0.25, 0.3) is 5.91 Å². The van der Waals surface area contributed by atoms with Crippen LogP contribution >= 0.6 is 11.3 Å². The number of hydrogen-bond donors (Lipinski definition) is 1. The Hall–Kier alpha value is -2.38. The molecule has 0 unspecified atom stereocenters. The summed E-state index contributed by atoms with van der Waals surface area (Å²) in [7, 11) is 3.23. The smallest absolute Gasteiger partial charge is 0.269 e. The molecule has 0 bridgehead atoms. The summed E-state index contributed by atoms with van der Waals surface area (Å²) in [6, 6.07) is 7.69. The van der Waals surface area contributed by atoms with E-state index in [1.807, 2.05) is 34.9 Å². The summed E-state index contributed by atoms with van der Waals surface area (Å²) in [5, 5.41) is 4.62. The van der Waals surface area contributed by atoms with E-state index in [1.54, 1.807) is 19.6 Å². The topological polar surface area (TPSA) is 64.9 Å². The van der Waals surface area contributed by atoms with Crippen molar-refractivity contribution in [2.75, 3.05) is 27.4 Å². The highest BCUT2D eigenvalue weighted by atomic mass is 32.1. The normalized spacial score (nSPS) is 10.9. The van der Waals surface area contributed by atoms with E-state index in [1.165, 1.54) is 11.3 Å². The maximum absolute atomic E-state index is 12.2. The molecule has 0 spiro atoms. The molecule has 120 valence electrons. The minimum atomic E-state index is -0.136. The molecule has 1 amide bonds. The zero-order chi connectivity index (χ0) is 16.2. The van der Waals surface area contributed by atoms with Gasteiger partial charge in [-0.3, -0.25) is 9.20 Å². The Morgan fingerprint density at radius 2 is 2.26 bits per heavy atom. The molecular weight excluding hydrogens is 314 g/mol. The highest BCUT2D eigenvalue weighted by molar-refractivity contribution is 7.15. The lowest BCUT2D eigenvalue weighted by molar-refractivity contribution is 0.0931. The van der Waals surface area contributed by atoms with Gasteiger partial charge < -0.3 is 14.8 Å². The lowest BCUT2D eigenvalue weighted by Gasteiger charge is -2.03. The molecule has 3 aromatic rings. The number of nitrogens with zero attached hydrogens (tertiary/aromatic N) is 2. The van der Waals surface area contributed by atoms with Crippen LogP contribution in [0.15, 0.2) is 35.8 Å². The van der Waals surface area contributed by atoms with E-state index < -0.39 is 0 Å². The number of nitrogens with one attached hydrogen (secondary N) is 1. The second kappa shape index (κ2) is 6.80. The summed E-state index contributed by atoms with van der Waals surface area (Å²) >= 11 is 1.44. The Kier molecular flexibility index (Phi) is 4.59. The third-order valence-corrected chi connectivity index (χ3v) is 4.24. The number of rotatable bonds is 6. The Morgan fingerprint density at radius 1 is 1.39 bits per heavy atom. The van der Waals surface area contributed by atoms with Gasteiger partial charge in [0, 0.05) is 30.8 Å². The molecule has 0 saturated carbocycles. The molecule has 0 aliphatic heterocycles. The number of carbonyl (C=O) groups excluding carboxylic acids is 1. The van der Waals surface area contributed by atoms with Crippen LogP contribution in [0.5, 0.6) is 5.75 Å². The molecule has 0 aliphatic rings. The summed E-state index contributed by atoms with van der Waals surface area (Å²) in [5.74, 6) is 0.638. The van der Waals surface area contributed by atoms with Gasteiger partial charge in [0.1, 0.15) is 11.4 Å². The van der Waals surface area contributed by atoms with Crippen molar-refractivity contribution in [3.05, 3.63) is 41.5 Å². The van der Waals surface area contributed by atoms with Gasteiger partial charge in [0.15, 0.2) is 4.96 Å². The number of carbonyl (C=O) groups is 1. The van der Waals surface area contributed by atoms with Crippen LogP contribution < -0.4 is 10.1 Å². The molecule has 3 rings (SSSR count). The number of thiazole rings is 1. The second-order valence-corrected chi connectivity index (χ2v) is 5.72. The average Bonchev–Trinajstić information content (AvgIpc) is 3.15. The maximum atomic E-state index is 12.2.